The van der Waals surface area contributed by atoms with Crippen molar-refractivity contribution in [3.8, 4) is 0 Å². The summed E-state index contributed by atoms with van der Waals surface area (Å²) in [6, 6.07) is 0. The molecule has 1 atom stereocenters. The topological polar surface area (TPSA) is 67.1 Å². The predicted octanol–water partition coefficient (Wildman–Crippen LogP) is 1.48. The molecule has 2 rings (SSSR count). The Bertz CT molecular complexity index is 404. The fourth-order valence-corrected chi connectivity index (χ4v) is 2.28. The summed E-state index contributed by atoms with van der Waals surface area (Å²) in [5, 5.41) is 0. The van der Waals surface area contributed by atoms with Gasteiger partial charge in [-0.05, 0) is 19.3 Å². The highest BCUT2D eigenvalue weighted by molar-refractivity contribution is 5.58. The van der Waals surface area contributed by atoms with Gasteiger partial charge in [0.25, 0.3) is 0 Å². The van der Waals surface area contributed by atoms with Gasteiger partial charge in [0.2, 0.25) is 0 Å². The zero-order valence-corrected chi connectivity index (χ0v) is 10.8. The molecule has 1 unspecified atom stereocenters. The van der Waals surface area contributed by atoms with Crippen molar-refractivity contribution in [3.05, 3.63) is 11.4 Å². The average molecular weight is 235 g/mol. The molecule has 0 radical (unpaired) electrons. The van der Waals surface area contributed by atoms with E-state index < -0.39 is 0 Å². The molecular formula is C12H21N5. The summed E-state index contributed by atoms with van der Waals surface area (Å²) in [6.45, 7) is 8.50. The number of nitrogens with two attached hydrogens (primary N) is 1. The first-order valence-electron chi connectivity index (χ1n) is 6.24. The molecule has 5 heteroatoms. The number of aromatic nitrogens is 2. The van der Waals surface area contributed by atoms with Crippen LogP contribution in [0.4, 0.5) is 11.6 Å². The minimum Gasteiger partial charge on any atom is -0.356 e. The largest absolute Gasteiger partial charge is 0.356 e. The molecule has 0 bridgehead atoms. The number of hydrogen-bond donors (Lipinski definition) is 2. The molecule has 1 saturated heterocycles. The van der Waals surface area contributed by atoms with Crippen LogP contribution < -0.4 is 16.2 Å². The van der Waals surface area contributed by atoms with E-state index in [1.54, 1.807) is 0 Å². The van der Waals surface area contributed by atoms with Gasteiger partial charge in [-0.2, -0.15) is 0 Å². The number of nitrogens with one attached hydrogen (secondary N) is 1. The molecule has 0 amide bonds. The van der Waals surface area contributed by atoms with E-state index in [-0.39, 0.29) is 0 Å². The zero-order valence-electron chi connectivity index (χ0n) is 10.8. The van der Waals surface area contributed by atoms with Crippen LogP contribution in [0.3, 0.4) is 0 Å². The Morgan fingerprint density at radius 1 is 1.47 bits per heavy atom. The zero-order chi connectivity index (χ0) is 12.4. The number of nitrogens with zero attached hydrogens (tertiary/aromatic N) is 3. The molecule has 0 aromatic carbocycles. The molecule has 1 aromatic rings. The van der Waals surface area contributed by atoms with Gasteiger partial charge in [0.15, 0.2) is 0 Å². The third-order valence-corrected chi connectivity index (χ3v) is 3.34. The second-order valence-corrected chi connectivity index (χ2v) is 4.77. The lowest BCUT2D eigenvalue weighted by Gasteiger charge is -2.21. The third kappa shape index (κ3) is 2.34. The number of aryl methyl sites for hydroxylation is 1. The number of nitrogen functional groups attached to an aromatic ring is 1. The second kappa shape index (κ2) is 4.87. The van der Waals surface area contributed by atoms with Gasteiger partial charge in [0, 0.05) is 25.1 Å². The molecule has 1 aromatic heterocycles. The molecular weight excluding hydrogens is 214 g/mol. The number of hydrazine groups is 1. The van der Waals surface area contributed by atoms with Crippen molar-refractivity contribution in [1.29, 1.82) is 0 Å². The van der Waals surface area contributed by atoms with Crippen molar-refractivity contribution in [2.75, 3.05) is 23.4 Å². The molecule has 1 aliphatic heterocycles. The Balaban J connectivity index is 2.37. The van der Waals surface area contributed by atoms with Crippen LogP contribution in [-0.2, 0) is 6.42 Å². The standard InChI is InChI=1S/C12H21N5/c1-4-10-14-11(16-13)9(3)12(15-10)17-6-5-8(2)7-17/h8H,4-7,13H2,1-3H3,(H,14,15,16). The summed E-state index contributed by atoms with van der Waals surface area (Å²) < 4.78 is 0. The highest BCUT2D eigenvalue weighted by Gasteiger charge is 2.23. The monoisotopic (exact) mass is 235 g/mol. The fourth-order valence-electron chi connectivity index (χ4n) is 2.28. The van der Waals surface area contributed by atoms with Crippen LogP contribution in [0.25, 0.3) is 0 Å². The molecule has 0 spiro atoms. The van der Waals surface area contributed by atoms with E-state index in [1.807, 2.05) is 6.92 Å². The van der Waals surface area contributed by atoms with E-state index in [0.29, 0.717) is 0 Å². The minimum atomic E-state index is 0.740. The third-order valence-electron chi connectivity index (χ3n) is 3.34. The molecule has 5 nitrogen and oxygen atoms in total. The molecule has 0 aliphatic carbocycles. The number of anilines is 2. The van der Waals surface area contributed by atoms with Gasteiger partial charge in [-0.3, -0.25) is 0 Å². The van der Waals surface area contributed by atoms with Crippen molar-refractivity contribution in [3.63, 3.8) is 0 Å². The van der Waals surface area contributed by atoms with E-state index in [4.69, 9.17) is 5.84 Å². The highest BCUT2D eigenvalue weighted by atomic mass is 15.3. The Morgan fingerprint density at radius 3 is 2.76 bits per heavy atom. The van der Waals surface area contributed by atoms with Crippen molar-refractivity contribution < 1.29 is 0 Å². The van der Waals surface area contributed by atoms with E-state index in [9.17, 15) is 0 Å². The van der Waals surface area contributed by atoms with Crippen molar-refractivity contribution in [2.45, 2.75) is 33.6 Å². The van der Waals surface area contributed by atoms with Crippen LogP contribution in [-0.4, -0.2) is 23.1 Å². The molecule has 1 fully saturated rings. The van der Waals surface area contributed by atoms with E-state index in [1.165, 1.54) is 6.42 Å². The van der Waals surface area contributed by atoms with Crippen molar-refractivity contribution in [1.82, 2.24) is 9.97 Å². The molecule has 1 aliphatic rings. The number of hydrogen-bond acceptors (Lipinski definition) is 5. The van der Waals surface area contributed by atoms with Crippen LogP contribution in [0, 0.1) is 12.8 Å². The summed E-state index contributed by atoms with van der Waals surface area (Å²) >= 11 is 0. The quantitative estimate of drug-likeness (QED) is 0.613. The van der Waals surface area contributed by atoms with Gasteiger partial charge in [-0.1, -0.05) is 13.8 Å². The lowest BCUT2D eigenvalue weighted by atomic mass is 10.2. The van der Waals surface area contributed by atoms with Crippen LogP contribution >= 0.6 is 0 Å². The predicted molar refractivity (Wildman–Crippen MR) is 70.0 cm³/mol. The Kier molecular flexibility index (Phi) is 3.47. The summed E-state index contributed by atoms with van der Waals surface area (Å²) in [6.07, 6.45) is 2.06. The highest BCUT2D eigenvalue weighted by Crippen LogP contribution is 2.28. The lowest BCUT2D eigenvalue weighted by molar-refractivity contribution is 0.658. The first-order valence-corrected chi connectivity index (χ1v) is 6.24. The van der Waals surface area contributed by atoms with Crippen LogP contribution in [0.15, 0.2) is 0 Å². The lowest BCUT2D eigenvalue weighted by Crippen LogP contribution is -2.24. The van der Waals surface area contributed by atoms with Crippen molar-refractivity contribution in [2.24, 2.45) is 11.8 Å². The normalized spacial score (nSPS) is 19.8. The maximum atomic E-state index is 5.51. The smallest absolute Gasteiger partial charge is 0.148 e. The SMILES string of the molecule is CCc1nc(NN)c(C)c(N2CCC(C)C2)n1. The van der Waals surface area contributed by atoms with Crippen LogP contribution in [0.2, 0.25) is 0 Å². The first kappa shape index (κ1) is 12.1. The van der Waals surface area contributed by atoms with Gasteiger partial charge < -0.3 is 10.3 Å². The Morgan fingerprint density at radius 2 is 2.24 bits per heavy atom. The molecule has 2 heterocycles. The van der Waals surface area contributed by atoms with Crippen LogP contribution in [0.5, 0.6) is 0 Å². The maximum Gasteiger partial charge on any atom is 0.148 e. The Labute approximate surface area is 102 Å². The van der Waals surface area contributed by atoms with Gasteiger partial charge in [0.05, 0.1) is 0 Å². The molecule has 17 heavy (non-hydrogen) atoms. The summed E-state index contributed by atoms with van der Waals surface area (Å²) in [5.41, 5.74) is 3.71. The van der Waals surface area contributed by atoms with Crippen molar-refractivity contribution >= 4 is 11.6 Å². The van der Waals surface area contributed by atoms with Gasteiger partial charge in [0.1, 0.15) is 17.5 Å². The summed E-state index contributed by atoms with van der Waals surface area (Å²) in [7, 11) is 0. The first-order chi connectivity index (χ1) is 8.15. The van der Waals surface area contributed by atoms with E-state index in [2.05, 4.69) is 34.1 Å². The second-order valence-electron chi connectivity index (χ2n) is 4.77. The van der Waals surface area contributed by atoms with Gasteiger partial charge in [-0.15, -0.1) is 0 Å². The Hall–Kier alpha value is -1.36. The summed E-state index contributed by atoms with van der Waals surface area (Å²) in [4.78, 5) is 11.4. The minimum absolute atomic E-state index is 0.740. The van der Waals surface area contributed by atoms with E-state index >= 15 is 0 Å². The number of rotatable bonds is 3. The van der Waals surface area contributed by atoms with Crippen LogP contribution in [0.1, 0.15) is 31.7 Å². The molecule has 94 valence electrons. The molecule has 0 saturated carbocycles. The van der Waals surface area contributed by atoms with Gasteiger partial charge in [-0.25, -0.2) is 15.8 Å². The maximum absolute atomic E-state index is 5.51. The molecule has 3 N–H and O–H groups in total. The van der Waals surface area contributed by atoms with E-state index in [0.717, 1.165) is 48.5 Å². The average Bonchev–Trinajstić information content (AvgIpc) is 2.76. The summed E-state index contributed by atoms with van der Waals surface area (Å²) in [5.74, 6) is 8.87. The van der Waals surface area contributed by atoms with Gasteiger partial charge >= 0.3 is 0 Å². The fraction of sp³-hybridized carbons (Fsp3) is 0.667.